The Morgan fingerprint density at radius 1 is 1.42 bits per heavy atom. The average Bonchev–Trinajstić information content (AvgIpc) is 2.41. The molecule has 0 N–H and O–H groups in total. The van der Waals surface area contributed by atoms with Gasteiger partial charge in [-0.3, -0.25) is 4.90 Å². The SMILES string of the molecule is COc1ccc(CN2CCCCC2CCCl)cc1Br. The van der Waals surface area contributed by atoms with E-state index in [4.69, 9.17) is 16.3 Å². The fourth-order valence-electron chi connectivity index (χ4n) is 2.76. The lowest BCUT2D eigenvalue weighted by atomic mass is 9.99. The summed E-state index contributed by atoms with van der Waals surface area (Å²) in [5.74, 6) is 1.65. The highest BCUT2D eigenvalue weighted by molar-refractivity contribution is 9.10. The van der Waals surface area contributed by atoms with E-state index >= 15 is 0 Å². The number of methoxy groups -OCH3 is 1. The summed E-state index contributed by atoms with van der Waals surface area (Å²) in [5.41, 5.74) is 1.33. The summed E-state index contributed by atoms with van der Waals surface area (Å²) in [6.07, 6.45) is 5.02. The Bertz CT molecular complexity index is 411. The minimum absolute atomic E-state index is 0.645. The number of benzene rings is 1. The van der Waals surface area contributed by atoms with Gasteiger partial charge in [-0.1, -0.05) is 12.5 Å². The van der Waals surface area contributed by atoms with Crippen molar-refractivity contribution in [3.63, 3.8) is 0 Å². The Kier molecular flexibility index (Phi) is 5.99. The second kappa shape index (κ2) is 7.51. The van der Waals surface area contributed by atoms with Crippen LogP contribution in [0.15, 0.2) is 22.7 Å². The highest BCUT2D eigenvalue weighted by Crippen LogP contribution is 2.28. The van der Waals surface area contributed by atoms with Crippen LogP contribution in [0.3, 0.4) is 0 Å². The Balaban J connectivity index is 2.04. The first-order valence-corrected chi connectivity index (χ1v) is 8.19. The molecular weight excluding hydrogens is 326 g/mol. The van der Waals surface area contributed by atoms with Crippen molar-refractivity contribution < 1.29 is 4.74 Å². The summed E-state index contributed by atoms with van der Waals surface area (Å²) < 4.78 is 6.30. The molecule has 1 heterocycles. The smallest absolute Gasteiger partial charge is 0.133 e. The van der Waals surface area contributed by atoms with E-state index in [9.17, 15) is 0 Å². The molecule has 0 aliphatic carbocycles. The van der Waals surface area contributed by atoms with Gasteiger partial charge in [0.1, 0.15) is 5.75 Å². The van der Waals surface area contributed by atoms with E-state index in [2.05, 4.69) is 33.0 Å². The van der Waals surface area contributed by atoms with Crippen LogP contribution in [0.4, 0.5) is 0 Å². The van der Waals surface area contributed by atoms with Gasteiger partial charge in [-0.25, -0.2) is 0 Å². The number of alkyl halides is 1. The molecule has 1 aliphatic heterocycles. The lowest BCUT2D eigenvalue weighted by Gasteiger charge is -2.35. The second-order valence-electron chi connectivity index (χ2n) is 5.07. The molecular formula is C15H21BrClNO. The maximum absolute atomic E-state index is 5.92. The van der Waals surface area contributed by atoms with Crippen LogP contribution in [0.5, 0.6) is 5.75 Å². The van der Waals surface area contributed by atoms with Gasteiger partial charge in [0.15, 0.2) is 0 Å². The molecule has 2 rings (SSSR count). The van der Waals surface area contributed by atoms with Gasteiger partial charge >= 0.3 is 0 Å². The quantitative estimate of drug-likeness (QED) is 0.731. The average molecular weight is 347 g/mol. The van der Waals surface area contributed by atoms with Crippen LogP contribution >= 0.6 is 27.5 Å². The van der Waals surface area contributed by atoms with E-state index in [-0.39, 0.29) is 0 Å². The van der Waals surface area contributed by atoms with E-state index in [0.717, 1.165) is 29.1 Å². The molecule has 0 radical (unpaired) electrons. The Morgan fingerprint density at radius 2 is 2.26 bits per heavy atom. The summed E-state index contributed by atoms with van der Waals surface area (Å²) in [4.78, 5) is 2.57. The number of rotatable bonds is 5. The zero-order chi connectivity index (χ0) is 13.7. The van der Waals surface area contributed by atoms with Crippen LogP contribution in [-0.4, -0.2) is 30.5 Å². The van der Waals surface area contributed by atoms with Crippen LogP contribution < -0.4 is 4.74 Å². The molecule has 0 saturated carbocycles. The lowest BCUT2D eigenvalue weighted by Crippen LogP contribution is -2.39. The van der Waals surface area contributed by atoms with Gasteiger partial charge in [0, 0.05) is 18.5 Å². The summed E-state index contributed by atoms with van der Waals surface area (Å²) in [6, 6.07) is 6.98. The molecule has 1 saturated heterocycles. The summed E-state index contributed by atoms with van der Waals surface area (Å²) in [5, 5.41) is 0. The van der Waals surface area contributed by atoms with Gasteiger partial charge in [0.05, 0.1) is 11.6 Å². The third kappa shape index (κ3) is 4.11. The van der Waals surface area contributed by atoms with E-state index in [0.29, 0.717) is 6.04 Å². The molecule has 0 aromatic heterocycles. The van der Waals surface area contributed by atoms with E-state index in [1.54, 1.807) is 7.11 Å². The van der Waals surface area contributed by atoms with Gasteiger partial charge in [-0.05, 0) is 59.4 Å². The highest BCUT2D eigenvalue weighted by Gasteiger charge is 2.21. The van der Waals surface area contributed by atoms with Crippen molar-refractivity contribution >= 4 is 27.5 Å². The van der Waals surface area contributed by atoms with Crippen LogP contribution in [0.25, 0.3) is 0 Å². The molecule has 106 valence electrons. The molecule has 1 atom stereocenters. The van der Waals surface area contributed by atoms with E-state index < -0.39 is 0 Å². The van der Waals surface area contributed by atoms with Gasteiger partial charge in [-0.2, -0.15) is 0 Å². The number of nitrogens with zero attached hydrogens (tertiary/aromatic N) is 1. The molecule has 4 heteroatoms. The zero-order valence-electron chi connectivity index (χ0n) is 11.4. The van der Waals surface area contributed by atoms with E-state index in [1.807, 2.05) is 6.07 Å². The number of likely N-dealkylation sites (tertiary alicyclic amines) is 1. The zero-order valence-corrected chi connectivity index (χ0v) is 13.7. The van der Waals surface area contributed by atoms with Crippen molar-refractivity contribution in [1.29, 1.82) is 0 Å². The molecule has 1 aromatic rings. The van der Waals surface area contributed by atoms with Gasteiger partial charge in [0.2, 0.25) is 0 Å². The van der Waals surface area contributed by atoms with Crippen molar-refractivity contribution in [3.8, 4) is 5.75 Å². The van der Waals surface area contributed by atoms with Gasteiger partial charge in [-0.15, -0.1) is 11.6 Å². The first kappa shape index (κ1) is 15.1. The predicted molar refractivity (Wildman–Crippen MR) is 84.1 cm³/mol. The van der Waals surface area contributed by atoms with Crippen molar-refractivity contribution in [2.75, 3.05) is 19.5 Å². The second-order valence-corrected chi connectivity index (χ2v) is 6.30. The van der Waals surface area contributed by atoms with Gasteiger partial charge in [0.25, 0.3) is 0 Å². The minimum atomic E-state index is 0.645. The predicted octanol–water partition coefficient (Wildman–Crippen LogP) is 4.44. The number of piperidine rings is 1. The molecule has 2 nitrogen and oxygen atoms in total. The van der Waals surface area contributed by atoms with Crippen LogP contribution in [0, 0.1) is 0 Å². The number of hydrogen-bond acceptors (Lipinski definition) is 2. The van der Waals surface area contributed by atoms with Gasteiger partial charge < -0.3 is 4.74 Å². The Labute approximate surface area is 129 Å². The molecule has 0 amide bonds. The fourth-order valence-corrected chi connectivity index (χ4v) is 3.60. The molecule has 1 fully saturated rings. The maximum Gasteiger partial charge on any atom is 0.133 e. The topological polar surface area (TPSA) is 12.5 Å². The third-order valence-corrected chi connectivity index (χ3v) is 4.63. The summed E-state index contributed by atoms with van der Waals surface area (Å²) >= 11 is 9.47. The normalized spacial score (nSPS) is 20.5. The minimum Gasteiger partial charge on any atom is -0.496 e. The monoisotopic (exact) mass is 345 g/mol. The van der Waals surface area contributed by atoms with Crippen molar-refractivity contribution in [1.82, 2.24) is 4.90 Å². The highest BCUT2D eigenvalue weighted by atomic mass is 79.9. The van der Waals surface area contributed by atoms with Crippen molar-refractivity contribution in [2.24, 2.45) is 0 Å². The summed E-state index contributed by atoms with van der Waals surface area (Å²) in [6.45, 7) is 2.19. The molecule has 19 heavy (non-hydrogen) atoms. The number of ether oxygens (including phenoxy) is 1. The lowest BCUT2D eigenvalue weighted by molar-refractivity contribution is 0.137. The molecule has 0 spiro atoms. The standard InChI is InChI=1S/C15H21BrClNO/c1-19-15-6-5-12(10-14(15)16)11-18-9-3-2-4-13(18)7-8-17/h5-6,10,13H,2-4,7-9,11H2,1H3. The molecule has 1 unspecified atom stereocenters. The Hall–Kier alpha value is -0.250. The van der Waals surface area contributed by atoms with Crippen LogP contribution in [-0.2, 0) is 6.54 Å². The Morgan fingerprint density at radius 3 is 2.95 bits per heavy atom. The molecule has 1 aliphatic rings. The maximum atomic E-state index is 5.92. The number of hydrogen-bond donors (Lipinski definition) is 0. The van der Waals surface area contributed by atoms with Crippen molar-refractivity contribution in [3.05, 3.63) is 28.2 Å². The van der Waals surface area contributed by atoms with E-state index in [1.165, 1.54) is 31.4 Å². The van der Waals surface area contributed by atoms with Crippen LogP contribution in [0.2, 0.25) is 0 Å². The molecule has 1 aromatic carbocycles. The third-order valence-electron chi connectivity index (χ3n) is 3.79. The molecule has 0 bridgehead atoms. The largest absolute Gasteiger partial charge is 0.496 e. The van der Waals surface area contributed by atoms with Crippen LogP contribution in [0.1, 0.15) is 31.2 Å². The first-order valence-electron chi connectivity index (χ1n) is 6.87. The fraction of sp³-hybridized carbons (Fsp3) is 0.600. The number of halogens is 2. The first-order chi connectivity index (χ1) is 9.24. The summed E-state index contributed by atoms with van der Waals surface area (Å²) in [7, 11) is 1.70. The van der Waals surface area contributed by atoms with Crippen molar-refractivity contribution in [2.45, 2.75) is 38.3 Å².